The van der Waals surface area contributed by atoms with Gasteiger partial charge in [-0.1, -0.05) is 164 Å². The van der Waals surface area contributed by atoms with E-state index in [9.17, 15) is 0 Å². The maximum Gasteiger partial charge on any atom is 0.136 e. The summed E-state index contributed by atoms with van der Waals surface area (Å²) in [6, 6.07) is 109. The molecule has 0 bridgehead atoms. The van der Waals surface area contributed by atoms with Gasteiger partial charge < -0.3 is 18.8 Å². The Hall–Kier alpha value is -11.0. The Morgan fingerprint density at radius 2 is 0.872 bits per heavy atom. The van der Waals surface area contributed by atoms with Crippen LogP contribution in [0.4, 0.5) is 34.1 Å². The van der Waals surface area contributed by atoms with Crippen LogP contribution in [0.3, 0.4) is 0 Å². The smallest absolute Gasteiger partial charge is 0.136 e. The molecule has 0 radical (unpaired) electrons. The van der Waals surface area contributed by atoms with E-state index in [0.29, 0.717) is 0 Å². The number of rotatable bonds is 9. The molecule has 5 heteroatoms. The van der Waals surface area contributed by atoms with Crippen molar-refractivity contribution in [2.75, 3.05) is 9.80 Å². The van der Waals surface area contributed by atoms with E-state index in [1.165, 1.54) is 91.4 Å². The Morgan fingerprint density at radius 1 is 0.302 bits per heavy atom. The van der Waals surface area contributed by atoms with Gasteiger partial charge in [-0.2, -0.15) is 0 Å². The first kappa shape index (κ1) is 48.5. The van der Waals surface area contributed by atoms with Gasteiger partial charge in [-0.05, 0) is 206 Å². The van der Waals surface area contributed by atoms with Gasteiger partial charge in [-0.25, -0.2) is 0 Å². The van der Waals surface area contributed by atoms with Crippen molar-refractivity contribution >= 4 is 131 Å². The minimum absolute atomic E-state index is 0.875. The van der Waals surface area contributed by atoms with Crippen LogP contribution < -0.4 is 9.80 Å². The van der Waals surface area contributed by atoms with Gasteiger partial charge in [0.25, 0.3) is 0 Å². The molecule has 18 rings (SSSR count). The lowest BCUT2D eigenvalue weighted by Crippen LogP contribution is -2.12. The molecular weight excluding hydrogens is 1060 g/mol. The largest absolute Gasteiger partial charge is 0.456 e. The van der Waals surface area contributed by atoms with Crippen LogP contribution in [0.5, 0.6) is 0 Å². The van der Waals surface area contributed by atoms with Gasteiger partial charge in [-0.3, -0.25) is 0 Å². The number of hydrogen-bond donors (Lipinski definition) is 0. The second-order valence-electron chi connectivity index (χ2n) is 22.8. The first-order chi connectivity index (χ1) is 42.6. The van der Waals surface area contributed by atoms with Gasteiger partial charge in [0.15, 0.2) is 0 Å². The maximum atomic E-state index is 6.64. The Morgan fingerprint density at radius 3 is 1.69 bits per heavy atom. The Bertz CT molecular complexity index is 5560. The average molecular weight is 1110 g/mol. The second kappa shape index (κ2) is 19.3. The van der Waals surface area contributed by atoms with Crippen molar-refractivity contribution in [3.05, 3.63) is 308 Å². The molecule has 3 aromatic heterocycles. The third kappa shape index (κ3) is 7.82. The van der Waals surface area contributed by atoms with E-state index >= 15 is 0 Å². The number of aromatic nitrogens is 1. The molecule has 0 aliphatic heterocycles. The average Bonchev–Trinajstić information content (AvgIpc) is 2.94. The summed E-state index contributed by atoms with van der Waals surface area (Å²) >= 11 is 1.88. The van der Waals surface area contributed by atoms with Crippen molar-refractivity contribution in [2.45, 2.75) is 6.42 Å². The van der Waals surface area contributed by atoms with Crippen molar-refractivity contribution in [2.24, 2.45) is 0 Å². The SMILES string of the molecule is c1ccc(N(c2ccc(N(c3ccc(-c4ccc5c(c4)oc4ccc(-c6ccc7c(c6)-c6ccccc6C7)cc45)cc3)c3ccc4c5cc6ccccc6cc5n(-c5ccccc5)c4c3)cc2)c2ccc3sc4c5ccccc5ccc4c3c2)cc1. The van der Waals surface area contributed by atoms with Crippen molar-refractivity contribution in [1.82, 2.24) is 4.57 Å². The molecule has 17 aromatic rings. The van der Waals surface area contributed by atoms with Crippen LogP contribution in [0, 0.1) is 0 Å². The molecule has 0 amide bonds. The summed E-state index contributed by atoms with van der Waals surface area (Å²) in [5, 5.41) is 12.2. The number of thiophene rings is 1. The molecule has 0 saturated heterocycles. The second-order valence-corrected chi connectivity index (χ2v) is 23.9. The van der Waals surface area contributed by atoms with E-state index in [4.69, 9.17) is 4.42 Å². The highest BCUT2D eigenvalue weighted by molar-refractivity contribution is 7.26. The first-order valence-corrected chi connectivity index (χ1v) is 30.3. The molecule has 0 unspecified atom stereocenters. The first-order valence-electron chi connectivity index (χ1n) is 29.5. The number of para-hydroxylation sites is 2. The zero-order valence-electron chi connectivity index (χ0n) is 46.7. The van der Waals surface area contributed by atoms with E-state index in [1.807, 2.05) is 11.3 Å². The number of furan rings is 1. The van der Waals surface area contributed by atoms with Crippen molar-refractivity contribution in [1.29, 1.82) is 0 Å². The minimum atomic E-state index is 0.875. The van der Waals surface area contributed by atoms with Gasteiger partial charge in [0.2, 0.25) is 0 Å². The van der Waals surface area contributed by atoms with Crippen LogP contribution in [0.25, 0.3) is 125 Å². The van der Waals surface area contributed by atoms with E-state index in [1.54, 1.807) is 0 Å². The van der Waals surface area contributed by atoms with E-state index in [0.717, 1.165) is 84.8 Å². The van der Waals surface area contributed by atoms with Gasteiger partial charge in [-0.15, -0.1) is 11.3 Å². The Balaban J connectivity index is 0.747. The van der Waals surface area contributed by atoms with Crippen LogP contribution in [0.15, 0.2) is 302 Å². The highest BCUT2D eigenvalue weighted by atomic mass is 32.1. The fraction of sp³-hybridized carbons (Fsp3) is 0.0123. The summed E-state index contributed by atoms with van der Waals surface area (Å²) in [5.74, 6) is 0. The summed E-state index contributed by atoms with van der Waals surface area (Å²) < 4.78 is 11.7. The van der Waals surface area contributed by atoms with Crippen LogP contribution >= 0.6 is 11.3 Å². The zero-order chi connectivity index (χ0) is 56.4. The van der Waals surface area contributed by atoms with Gasteiger partial charge in [0, 0.05) is 81.5 Å². The highest BCUT2D eigenvalue weighted by Gasteiger charge is 2.23. The molecule has 14 aromatic carbocycles. The fourth-order valence-electron chi connectivity index (χ4n) is 13.8. The summed E-state index contributed by atoms with van der Waals surface area (Å²) in [6.07, 6.45) is 0.991. The topological polar surface area (TPSA) is 24.6 Å². The standard InChI is InChI=1S/C81H51N3OS/c1-3-17-60(18-4-1)82(65-37-42-80-75(49-65)71-39-27-52-13-9-12-22-68(52)81(71)86-80)63-32-34-64(35-33-63)83(66-36-40-69-73-45-53-14-7-8-15-54(53)47-76(73)84(77(69)50-66)61-19-5-2-6-20-61)62-30-25-51(26-31-62)57-28-38-70-74-46-56(29-41-78(74)85-79(70)48-57)55-23-24-59-43-58-16-10-11-21-67(58)72(59)44-55/h1-42,44-50H,43H2. The number of fused-ring (bicyclic) bond motifs is 15. The van der Waals surface area contributed by atoms with E-state index < -0.39 is 0 Å². The normalized spacial score (nSPS) is 12.1. The number of benzene rings is 14. The molecule has 1 aliphatic carbocycles. The molecule has 0 saturated carbocycles. The summed E-state index contributed by atoms with van der Waals surface area (Å²) in [7, 11) is 0. The lowest BCUT2D eigenvalue weighted by molar-refractivity contribution is 0.669. The summed E-state index contributed by atoms with van der Waals surface area (Å²) in [5.41, 5.74) is 21.7. The predicted octanol–water partition coefficient (Wildman–Crippen LogP) is 23.2. The van der Waals surface area contributed by atoms with E-state index in [2.05, 4.69) is 312 Å². The van der Waals surface area contributed by atoms with Crippen LogP contribution in [0.2, 0.25) is 0 Å². The molecule has 0 atom stereocenters. The molecule has 4 nitrogen and oxygen atoms in total. The van der Waals surface area contributed by atoms with Crippen LogP contribution in [-0.4, -0.2) is 4.57 Å². The lowest BCUT2D eigenvalue weighted by Gasteiger charge is -2.28. The summed E-state index contributed by atoms with van der Waals surface area (Å²) in [4.78, 5) is 4.78. The quantitative estimate of drug-likeness (QED) is 0.144. The van der Waals surface area contributed by atoms with Crippen molar-refractivity contribution < 1.29 is 4.42 Å². The number of nitrogens with zero attached hydrogens (tertiary/aromatic N) is 3. The van der Waals surface area contributed by atoms with Crippen molar-refractivity contribution in [3.63, 3.8) is 0 Å². The van der Waals surface area contributed by atoms with Crippen LogP contribution in [0.1, 0.15) is 11.1 Å². The molecule has 1 aliphatic rings. The monoisotopic (exact) mass is 1110 g/mol. The number of hydrogen-bond acceptors (Lipinski definition) is 4. The van der Waals surface area contributed by atoms with E-state index in [-0.39, 0.29) is 0 Å². The molecule has 0 spiro atoms. The minimum Gasteiger partial charge on any atom is -0.456 e. The van der Waals surface area contributed by atoms with Gasteiger partial charge in [0.1, 0.15) is 11.2 Å². The third-order valence-electron chi connectivity index (χ3n) is 17.9. The third-order valence-corrected chi connectivity index (χ3v) is 19.2. The molecule has 0 fully saturated rings. The Labute approximate surface area is 500 Å². The molecule has 3 heterocycles. The zero-order valence-corrected chi connectivity index (χ0v) is 47.5. The van der Waals surface area contributed by atoms with Gasteiger partial charge in [0.05, 0.1) is 11.0 Å². The molecule has 0 N–H and O–H groups in total. The van der Waals surface area contributed by atoms with Crippen LogP contribution in [-0.2, 0) is 6.42 Å². The van der Waals surface area contributed by atoms with Gasteiger partial charge >= 0.3 is 0 Å². The lowest BCUT2D eigenvalue weighted by atomic mass is 9.97. The predicted molar refractivity (Wildman–Crippen MR) is 364 cm³/mol. The maximum absolute atomic E-state index is 6.64. The number of anilines is 6. The fourth-order valence-corrected chi connectivity index (χ4v) is 15.0. The summed E-state index contributed by atoms with van der Waals surface area (Å²) in [6.45, 7) is 0. The molecular formula is C81H51N3OS. The Kier molecular flexibility index (Phi) is 10.9. The molecule has 86 heavy (non-hydrogen) atoms. The highest BCUT2D eigenvalue weighted by Crippen LogP contribution is 2.47. The molecule has 402 valence electrons. The van der Waals surface area contributed by atoms with Crippen molar-refractivity contribution in [3.8, 4) is 39.1 Å².